The monoisotopic (exact) mass is 1030 g/mol. The van der Waals surface area contributed by atoms with Crippen molar-refractivity contribution in [3.8, 4) is 73.7 Å². The Labute approximate surface area is 368 Å². The van der Waals surface area contributed by atoms with Crippen LogP contribution in [0.25, 0.3) is 72.5 Å². The summed E-state index contributed by atoms with van der Waals surface area (Å²) in [5.41, 5.74) is 8.94. The van der Waals surface area contributed by atoms with E-state index >= 15 is 0 Å². The van der Waals surface area contributed by atoms with Crippen LogP contribution in [-0.4, -0.2) is 29.5 Å². The summed E-state index contributed by atoms with van der Waals surface area (Å²) in [7, 11) is 0. The van der Waals surface area contributed by atoms with Crippen molar-refractivity contribution in [3.63, 3.8) is 0 Å². The minimum Gasteiger partial charge on any atom is -0.503 e. The summed E-state index contributed by atoms with van der Waals surface area (Å²) in [5.74, 6) is 2.46. The molecule has 0 aliphatic rings. The Morgan fingerprint density at radius 2 is 0.864 bits per heavy atom. The molecule has 0 N–H and O–H groups in total. The second-order valence-corrected chi connectivity index (χ2v) is 13.1. The number of hydrogen-bond donors (Lipinski definition) is 0. The van der Waals surface area contributed by atoms with Crippen LogP contribution in [0, 0.1) is 24.3 Å². The molecule has 0 bridgehead atoms. The van der Waals surface area contributed by atoms with E-state index < -0.39 is 0 Å². The summed E-state index contributed by atoms with van der Waals surface area (Å²) in [6.07, 6.45) is 6.67. The number of nitrogens with zero attached hydrogens (tertiary/aromatic N) is 6. The van der Waals surface area contributed by atoms with E-state index in [0.29, 0.717) is 40.0 Å². The van der Waals surface area contributed by atoms with Crippen molar-refractivity contribution >= 4 is 21.8 Å². The van der Waals surface area contributed by atoms with Crippen molar-refractivity contribution in [2.75, 3.05) is 0 Å². The summed E-state index contributed by atoms with van der Waals surface area (Å²) in [6, 6.07) is 61.4. The first-order valence-corrected chi connectivity index (χ1v) is 18.2. The first-order valence-electron chi connectivity index (χ1n) is 18.2. The van der Waals surface area contributed by atoms with Crippen LogP contribution in [0.3, 0.4) is 0 Å². The molecule has 0 amide bonds. The number of benzene rings is 6. The van der Waals surface area contributed by atoms with E-state index in [1.54, 1.807) is 0 Å². The SMILES string of the molecule is [Pd+2].[Pt+2].[c-]1c(Oc2[c-]c3c(cc2)c2ccc(Oc4[c-]c(-c5ccc(-c6ccccc6)cn5)ccc4)[c-]c2n3-c2ncncn2)cccc1-c1ccc(-c2ccccc2)cn1. The number of hydrogen-bond acceptors (Lipinski definition) is 7. The first kappa shape index (κ1) is 39.2. The van der Waals surface area contributed by atoms with Gasteiger partial charge < -0.3 is 24.0 Å². The van der Waals surface area contributed by atoms with Gasteiger partial charge >= 0.3 is 41.5 Å². The Morgan fingerprint density at radius 1 is 0.407 bits per heavy atom. The Bertz CT molecular complexity index is 2820. The van der Waals surface area contributed by atoms with Gasteiger partial charge in [-0.15, -0.1) is 71.8 Å². The molecule has 4 heterocycles. The van der Waals surface area contributed by atoms with Crippen LogP contribution < -0.4 is 9.47 Å². The standard InChI is InChI=1S/C49H28N6O2.Pd.Pt/c1-3-9-33(10-4-1)37-17-23-45(51-29-37)35-13-7-15-39(25-35)56-41-19-21-43-44-22-20-42(28-48(44)55(47(43)27-41)49-53-31-50-32-54-49)57-40-16-8-14-36(26-40)46-24-18-38(30-52-46)34-11-5-2-6-12-34;;/h1-24,29-32H;;/q-4;2*+2. The van der Waals surface area contributed by atoms with Crippen LogP contribution in [0.2, 0.25) is 0 Å². The number of rotatable bonds is 9. The van der Waals surface area contributed by atoms with Gasteiger partial charge in [0.1, 0.15) is 12.7 Å². The van der Waals surface area contributed by atoms with E-state index in [0.717, 1.165) is 55.5 Å². The third-order valence-electron chi connectivity index (χ3n) is 9.48. The molecule has 6 aromatic carbocycles. The molecule has 286 valence electrons. The molecule has 0 saturated carbocycles. The van der Waals surface area contributed by atoms with Crippen LogP contribution in [0.5, 0.6) is 23.0 Å². The molecule has 0 aliphatic heterocycles. The third kappa shape index (κ3) is 8.23. The van der Waals surface area contributed by atoms with E-state index in [9.17, 15) is 0 Å². The zero-order valence-electron chi connectivity index (χ0n) is 30.8. The second kappa shape index (κ2) is 17.5. The van der Waals surface area contributed by atoms with Crippen molar-refractivity contribution in [3.05, 3.63) is 195 Å². The normalized spacial score (nSPS) is 10.8. The minimum absolute atomic E-state index is 0. The van der Waals surface area contributed by atoms with E-state index in [2.05, 4.69) is 75.6 Å². The van der Waals surface area contributed by atoms with Gasteiger partial charge in [0.25, 0.3) is 0 Å². The van der Waals surface area contributed by atoms with Gasteiger partial charge in [0.15, 0.2) is 0 Å². The molecule has 0 saturated heterocycles. The number of aromatic nitrogens is 6. The van der Waals surface area contributed by atoms with Crippen molar-refractivity contribution in [1.82, 2.24) is 29.5 Å². The van der Waals surface area contributed by atoms with Crippen LogP contribution in [-0.2, 0) is 41.5 Å². The molecular formula is C49H28N6O2PdPt. The maximum atomic E-state index is 6.36. The summed E-state index contributed by atoms with van der Waals surface area (Å²) in [5, 5.41) is 1.83. The van der Waals surface area contributed by atoms with Crippen molar-refractivity contribution in [1.29, 1.82) is 0 Å². The fraction of sp³-hybridized carbons (Fsp3) is 0. The maximum Gasteiger partial charge on any atom is 2.00 e. The molecule has 0 fully saturated rings. The third-order valence-corrected chi connectivity index (χ3v) is 9.48. The van der Waals surface area contributed by atoms with Gasteiger partial charge in [0, 0.05) is 35.4 Å². The molecule has 10 aromatic rings. The maximum absolute atomic E-state index is 6.36. The van der Waals surface area contributed by atoms with Gasteiger partial charge in [-0.2, -0.15) is 22.9 Å². The summed E-state index contributed by atoms with van der Waals surface area (Å²) >= 11 is 0. The summed E-state index contributed by atoms with van der Waals surface area (Å²) < 4.78 is 14.6. The Morgan fingerprint density at radius 3 is 1.31 bits per heavy atom. The quantitative estimate of drug-likeness (QED) is 0.105. The molecular weight excluding hydrogens is 1010 g/mol. The minimum atomic E-state index is 0. The molecule has 10 heteroatoms. The molecule has 0 atom stereocenters. The molecule has 0 spiro atoms. The average molecular weight is 1030 g/mol. The van der Waals surface area contributed by atoms with E-state index in [-0.39, 0.29) is 41.5 Å². The van der Waals surface area contributed by atoms with Crippen molar-refractivity contribution in [2.45, 2.75) is 0 Å². The molecule has 0 radical (unpaired) electrons. The number of pyridine rings is 2. The Balaban J connectivity index is 0.00000242. The van der Waals surface area contributed by atoms with Crippen LogP contribution in [0.4, 0.5) is 0 Å². The average Bonchev–Trinajstić information content (AvgIpc) is 3.60. The van der Waals surface area contributed by atoms with E-state index in [1.165, 1.54) is 12.7 Å². The fourth-order valence-corrected chi connectivity index (χ4v) is 6.75. The van der Waals surface area contributed by atoms with Crippen LogP contribution in [0.15, 0.2) is 171 Å². The predicted octanol–water partition coefficient (Wildman–Crippen LogP) is 11.2. The number of ether oxygens (including phenoxy) is 2. The topological polar surface area (TPSA) is 87.8 Å². The molecule has 8 nitrogen and oxygen atoms in total. The van der Waals surface area contributed by atoms with Crippen molar-refractivity contribution < 1.29 is 51.0 Å². The van der Waals surface area contributed by atoms with Gasteiger partial charge in [-0.3, -0.25) is 0 Å². The molecule has 59 heavy (non-hydrogen) atoms. The van der Waals surface area contributed by atoms with Gasteiger partial charge in [0.2, 0.25) is 5.95 Å². The van der Waals surface area contributed by atoms with Crippen LogP contribution >= 0.6 is 0 Å². The zero-order chi connectivity index (χ0) is 38.0. The smallest absolute Gasteiger partial charge is 0.503 e. The molecule has 10 rings (SSSR count). The Hall–Kier alpha value is -6.62. The van der Waals surface area contributed by atoms with Gasteiger partial charge in [-0.25, -0.2) is 15.0 Å². The second-order valence-electron chi connectivity index (χ2n) is 13.1. The molecule has 0 aliphatic carbocycles. The van der Waals surface area contributed by atoms with E-state index in [1.807, 2.05) is 126 Å². The van der Waals surface area contributed by atoms with Gasteiger partial charge in [-0.1, -0.05) is 108 Å². The zero-order valence-corrected chi connectivity index (χ0v) is 34.6. The summed E-state index contributed by atoms with van der Waals surface area (Å²) in [4.78, 5) is 22.4. The van der Waals surface area contributed by atoms with E-state index in [4.69, 9.17) is 19.4 Å². The number of fused-ring (bicyclic) bond motifs is 3. The van der Waals surface area contributed by atoms with Crippen LogP contribution in [0.1, 0.15) is 0 Å². The Kier molecular flexibility index (Phi) is 11.6. The largest absolute Gasteiger partial charge is 2.00 e. The van der Waals surface area contributed by atoms with Gasteiger partial charge in [-0.05, 0) is 33.6 Å². The van der Waals surface area contributed by atoms with Crippen molar-refractivity contribution in [2.24, 2.45) is 0 Å². The predicted molar refractivity (Wildman–Crippen MR) is 220 cm³/mol. The molecule has 4 aromatic heterocycles. The first-order chi connectivity index (χ1) is 28.2. The van der Waals surface area contributed by atoms with Gasteiger partial charge in [0.05, 0.1) is 0 Å². The molecule has 0 unspecified atom stereocenters. The fourth-order valence-electron chi connectivity index (χ4n) is 6.75. The summed E-state index contributed by atoms with van der Waals surface area (Å²) in [6.45, 7) is 0.